The minimum absolute atomic E-state index is 0.0284. The summed E-state index contributed by atoms with van der Waals surface area (Å²) in [4.78, 5) is 27.7. The zero-order chi connectivity index (χ0) is 18.0. The highest BCUT2D eigenvalue weighted by Crippen LogP contribution is 2.33. The van der Waals surface area contributed by atoms with Gasteiger partial charge in [-0.3, -0.25) is 9.59 Å². The third-order valence-corrected chi connectivity index (χ3v) is 4.55. The molecule has 1 aromatic carbocycles. The molecule has 0 radical (unpaired) electrons. The van der Waals surface area contributed by atoms with Crippen molar-refractivity contribution in [3.8, 4) is 0 Å². The van der Waals surface area contributed by atoms with Gasteiger partial charge >= 0.3 is 0 Å². The summed E-state index contributed by atoms with van der Waals surface area (Å²) in [6, 6.07) is 10.3. The Morgan fingerprint density at radius 2 is 2.04 bits per heavy atom. The van der Waals surface area contributed by atoms with Crippen molar-refractivity contribution >= 4 is 17.5 Å². The second-order valence-corrected chi connectivity index (χ2v) is 6.54. The SMILES string of the molecule is C[C@@H]1Cc2ccccc2N1Cc1occc1C(=O)NCC(=O)N(C)C. The number of rotatable bonds is 5. The van der Waals surface area contributed by atoms with E-state index in [2.05, 4.69) is 29.3 Å². The van der Waals surface area contributed by atoms with Gasteiger partial charge in [0.05, 0.1) is 24.9 Å². The maximum absolute atomic E-state index is 12.4. The molecule has 0 saturated heterocycles. The van der Waals surface area contributed by atoms with Gasteiger partial charge in [0.15, 0.2) is 0 Å². The van der Waals surface area contributed by atoms with E-state index in [4.69, 9.17) is 4.42 Å². The largest absolute Gasteiger partial charge is 0.467 e. The number of carbonyl (C=O) groups is 2. The van der Waals surface area contributed by atoms with Crippen LogP contribution in [0.2, 0.25) is 0 Å². The van der Waals surface area contributed by atoms with Gasteiger partial charge in [0, 0.05) is 25.8 Å². The lowest BCUT2D eigenvalue weighted by molar-refractivity contribution is -0.127. The molecule has 1 aliphatic heterocycles. The van der Waals surface area contributed by atoms with Gasteiger partial charge < -0.3 is 19.5 Å². The Bertz CT molecular complexity index is 782. The van der Waals surface area contributed by atoms with Crippen LogP contribution in [0.3, 0.4) is 0 Å². The molecular weight excluding hydrogens is 318 g/mol. The normalized spacial score (nSPS) is 15.8. The summed E-state index contributed by atoms with van der Waals surface area (Å²) in [7, 11) is 3.31. The fourth-order valence-corrected chi connectivity index (χ4v) is 3.10. The predicted molar refractivity (Wildman–Crippen MR) is 95.5 cm³/mol. The maximum Gasteiger partial charge on any atom is 0.255 e. The number of fused-ring (bicyclic) bond motifs is 1. The summed E-state index contributed by atoms with van der Waals surface area (Å²) in [6.07, 6.45) is 2.50. The van der Waals surface area contributed by atoms with Gasteiger partial charge in [-0.1, -0.05) is 18.2 Å². The molecule has 1 aromatic heterocycles. The number of nitrogens with one attached hydrogen (secondary N) is 1. The van der Waals surface area contributed by atoms with Crippen molar-refractivity contribution in [1.29, 1.82) is 0 Å². The van der Waals surface area contributed by atoms with Crippen molar-refractivity contribution in [2.24, 2.45) is 0 Å². The van der Waals surface area contributed by atoms with Crippen LogP contribution in [0.25, 0.3) is 0 Å². The van der Waals surface area contributed by atoms with Gasteiger partial charge in [0.1, 0.15) is 5.76 Å². The van der Waals surface area contributed by atoms with Crippen LogP contribution in [-0.4, -0.2) is 43.4 Å². The van der Waals surface area contributed by atoms with E-state index in [1.807, 2.05) is 12.1 Å². The fourth-order valence-electron chi connectivity index (χ4n) is 3.10. The first kappa shape index (κ1) is 17.1. The van der Waals surface area contributed by atoms with Crippen LogP contribution < -0.4 is 10.2 Å². The van der Waals surface area contributed by atoms with Crippen molar-refractivity contribution in [3.05, 3.63) is 53.5 Å². The van der Waals surface area contributed by atoms with Crippen LogP contribution >= 0.6 is 0 Å². The first-order chi connectivity index (χ1) is 12.0. The van der Waals surface area contributed by atoms with Crippen LogP contribution in [0, 0.1) is 0 Å². The number of benzene rings is 1. The Morgan fingerprint density at radius 1 is 1.28 bits per heavy atom. The highest BCUT2D eigenvalue weighted by atomic mass is 16.3. The van der Waals surface area contributed by atoms with Crippen molar-refractivity contribution in [1.82, 2.24) is 10.2 Å². The molecule has 0 unspecified atom stereocenters. The van der Waals surface area contributed by atoms with Gasteiger partial charge in [0.2, 0.25) is 5.91 Å². The monoisotopic (exact) mass is 341 g/mol. The molecule has 0 aliphatic carbocycles. The van der Waals surface area contributed by atoms with E-state index in [1.54, 1.807) is 20.2 Å². The average Bonchev–Trinajstić information content (AvgIpc) is 3.17. The fraction of sp³-hybridized carbons (Fsp3) is 0.368. The number of carbonyl (C=O) groups excluding carboxylic acids is 2. The second kappa shape index (κ2) is 7.01. The first-order valence-electron chi connectivity index (χ1n) is 8.36. The van der Waals surface area contributed by atoms with E-state index in [9.17, 15) is 9.59 Å². The van der Waals surface area contributed by atoms with Crippen LogP contribution in [0.15, 0.2) is 41.0 Å². The molecule has 0 bridgehead atoms. The Hall–Kier alpha value is -2.76. The second-order valence-electron chi connectivity index (χ2n) is 6.54. The van der Waals surface area contributed by atoms with E-state index >= 15 is 0 Å². The number of furan rings is 1. The number of anilines is 1. The van der Waals surface area contributed by atoms with Crippen LogP contribution in [0.4, 0.5) is 5.69 Å². The quantitative estimate of drug-likeness (QED) is 0.904. The number of amides is 2. The van der Waals surface area contributed by atoms with E-state index in [1.165, 1.54) is 22.4 Å². The molecule has 0 spiro atoms. The van der Waals surface area contributed by atoms with Crippen molar-refractivity contribution in [3.63, 3.8) is 0 Å². The van der Waals surface area contributed by atoms with Crippen LogP contribution in [0.1, 0.15) is 28.6 Å². The number of likely N-dealkylation sites (N-methyl/N-ethyl adjacent to an activating group) is 1. The number of hydrogen-bond acceptors (Lipinski definition) is 4. The Labute approximate surface area is 147 Å². The summed E-state index contributed by atoms with van der Waals surface area (Å²) >= 11 is 0. The molecule has 2 aromatic rings. The van der Waals surface area contributed by atoms with Crippen LogP contribution in [0.5, 0.6) is 0 Å². The zero-order valence-electron chi connectivity index (χ0n) is 14.8. The summed E-state index contributed by atoms with van der Waals surface area (Å²) in [5.74, 6) is 0.165. The zero-order valence-corrected chi connectivity index (χ0v) is 14.8. The average molecular weight is 341 g/mol. The molecule has 25 heavy (non-hydrogen) atoms. The first-order valence-corrected chi connectivity index (χ1v) is 8.36. The third kappa shape index (κ3) is 3.52. The van der Waals surface area contributed by atoms with Gasteiger partial charge in [-0.15, -0.1) is 0 Å². The smallest absolute Gasteiger partial charge is 0.255 e. The van der Waals surface area contributed by atoms with Gasteiger partial charge in [-0.25, -0.2) is 0 Å². The van der Waals surface area contributed by atoms with Crippen molar-refractivity contribution in [2.75, 3.05) is 25.5 Å². The molecule has 0 saturated carbocycles. The molecule has 1 N–H and O–H groups in total. The minimum atomic E-state index is -0.293. The topological polar surface area (TPSA) is 65.8 Å². The lowest BCUT2D eigenvalue weighted by Gasteiger charge is -2.24. The Balaban J connectivity index is 1.72. The Morgan fingerprint density at radius 3 is 2.80 bits per heavy atom. The lowest BCUT2D eigenvalue weighted by Crippen LogP contribution is -2.36. The molecule has 1 aliphatic rings. The molecule has 3 rings (SSSR count). The molecule has 6 nitrogen and oxygen atoms in total. The highest BCUT2D eigenvalue weighted by Gasteiger charge is 2.28. The molecule has 132 valence electrons. The van der Waals surface area contributed by atoms with Crippen molar-refractivity contribution < 1.29 is 14.0 Å². The number of para-hydroxylation sites is 1. The lowest BCUT2D eigenvalue weighted by atomic mass is 10.1. The number of nitrogens with zero attached hydrogens (tertiary/aromatic N) is 2. The standard InChI is InChI=1S/C19H23N3O3/c1-13-10-14-6-4-5-7-16(14)22(13)12-17-15(8-9-25-17)19(24)20-11-18(23)21(2)3/h4-9,13H,10-12H2,1-3H3,(H,20,24)/t13-/m1/s1. The molecule has 0 fully saturated rings. The van der Waals surface area contributed by atoms with Gasteiger partial charge in [-0.2, -0.15) is 0 Å². The molecule has 2 heterocycles. The van der Waals surface area contributed by atoms with Crippen molar-refractivity contribution in [2.45, 2.75) is 25.9 Å². The minimum Gasteiger partial charge on any atom is -0.467 e. The molecular formula is C19H23N3O3. The summed E-state index contributed by atoms with van der Waals surface area (Å²) in [5, 5.41) is 2.65. The molecule has 1 atom stereocenters. The predicted octanol–water partition coefficient (Wildman–Crippen LogP) is 2.05. The molecule has 6 heteroatoms. The summed E-state index contributed by atoms with van der Waals surface area (Å²) in [5.41, 5.74) is 2.97. The van der Waals surface area contributed by atoms with Gasteiger partial charge in [-0.05, 0) is 31.0 Å². The van der Waals surface area contributed by atoms with E-state index in [0.717, 1.165) is 6.42 Å². The highest BCUT2D eigenvalue weighted by molar-refractivity contribution is 5.97. The maximum atomic E-state index is 12.4. The van der Waals surface area contributed by atoms with Crippen LogP contribution in [-0.2, 0) is 17.8 Å². The van der Waals surface area contributed by atoms with E-state index < -0.39 is 0 Å². The molecule has 2 amide bonds. The number of hydrogen-bond donors (Lipinski definition) is 1. The Kier molecular flexibility index (Phi) is 4.79. The summed E-state index contributed by atoms with van der Waals surface area (Å²) < 4.78 is 5.57. The van der Waals surface area contributed by atoms with E-state index in [-0.39, 0.29) is 18.4 Å². The van der Waals surface area contributed by atoms with Gasteiger partial charge in [0.25, 0.3) is 5.91 Å². The third-order valence-electron chi connectivity index (χ3n) is 4.55. The summed E-state index contributed by atoms with van der Waals surface area (Å²) in [6.45, 7) is 2.66. The van der Waals surface area contributed by atoms with E-state index in [0.29, 0.717) is 23.9 Å².